The number of hydrogen-bond acceptors (Lipinski definition) is 5. The number of nitrogens with zero attached hydrogens (tertiary/aromatic N) is 2. The number of imidazole rings is 1. The summed E-state index contributed by atoms with van der Waals surface area (Å²) in [5.41, 5.74) is 5.26. The van der Waals surface area contributed by atoms with E-state index in [2.05, 4.69) is 34.3 Å². The van der Waals surface area contributed by atoms with Crippen LogP contribution in [0.2, 0.25) is 0 Å². The van der Waals surface area contributed by atoms with E-state index in [0.717, 1.165) is 22.3 Å². The predicted octanol–water partition coefficient (Wildman–Crippen LogP) is 3.84. The van der Waals surface area contributed by atoms with Gasteiger partial charge >= 0.3 is 0 Å². The van der Waals surface area contributed by atoms with Gasteiger partial charge in [0.05, 0.1) is 29.6 Å². The molecule has 0 aliphatic carbocycles. The zero-order valence-electron chi connectivity index (χ0n) is 15.3. The van der Waals surface area contributed by atoms with Crippen molar-refractivity contribution in [2.45, 2.75) is 19.0 Å². The van der Waals surface area contributed by atoms with Crippen LogP contribution in [0.1, 0.15) is 19.4 Å². The fourth-order valence-corrected chi connectivity index (χ4v) is 2.93. The number of carbonyl (C=O) groups is 1. The fourth-order valence-electron chi connectivity index (χ4n) is 2.26. The molecule has 1 heterocycles. The molecule has 1 amide bonds. The van der Waals surface area contributed by atoms with Crippen LogP contribution >= 0.6 is 11.8 Å². The molecule has 0 aliphatic rings. The number of hydrazone groups is 1. The zero-order valence-corrected chi connectivity index (χ0v) is 16.1. The Bertz CT molecular complexity index is 886. The Kier molecular flexibility index (Phi) is 6.49. The van der Waals surface area contributed by atoms with Crippen molar-refractivity contribution in [3.05, 3.63) is 54.1 Å². The standard InChI is InChI=1S/C20H22N4O2S/c1-14(2)12-26-16-9-7-15(8-10-16)11-21-24-19(25)13-27-20-22-17-5-3-4-6-18(17)23-20/h3-11,14H,12-13H2,1-2H3,(H,22,23)(H,24,25)/b21-11-. The third-order valence-corrected chi connectivity index (χ3v) is 4.45. The number of benzene rings is 2. The third-order valence-electron chi connectivity index (χ3n) is 3.57. The van der Waals surface area contributed by atoms with E-state index in [1.54, 1.807) is 6.21 Å². The summed E-state index contributed by atoms with van der Waals surface area (Å²) in [6.45, 7) is 4.90. The van der Waals surface area contributed by atoms with Crippen LogP contribution in [0.5, 0.6) is 5.75 Å². The number of para-hydroxylation sites is 2. The van der Waals surface area contributed by atoms with Crippen molar-refractivity contribution >= 4 is 34.9 Å². The molecule has 140 valence electrons. The average Bonchev–Trinajstić information content (AvgIpc) is 3.09. The first kappa shape index (κ1) is 19.0. The van der Waals surface area contributed by atoms with Gasteiger partial charge in [-0.3, -0.25) is 4.79 Å². The van der Waals surface area contributed by atoms with E-state index in [0.29, 0.717) is 17.7 Å². The van der Waals surface area contributed by atoms with E-state index in [1.165, 1.54) is 11.8 Å². The highest BCUT2D eigenvalue weighted by molar-refractivity contribution is 7.99. The lowest BCUT2D eigenvalue weighted by Gasteiger charge is -2.08. The molecular formula is C20H22N4O2S. The van der Waals surface area contributed by atoms with Gasteiger partial charge in [0.25, 0.3) is 5.91 Å². The first-order valence-corrected chi connectivity index (χ1v) is 9.71. The number of H-pyrrole nitrogens is 1. The van der Waals surface area contributed by atoms with Gasteiger partial charge < -0.3 is 9.72 Å². The second-order valence-corrected chi connectivity index (χ2v) is 7.38. The number of rotatable bonds is 8. The summed E-state index contributed by atoms with van der Waals surface area (Å²) < 4.78 is 5.64. The molecular weight excluding hydrogens is 360 g/mol. The number of amides is 1. The lowest BCUT2D eigenvalue weighted by atomic mass is 10.2. The maximum absolute atomic E-state index is 11.9. The molecule has 0 unspecified atom stereocenters. The molecule has 1 aromatic heterocycles. The first-order valence-electron chi connectivity index (χ1n) is 8.72. The SMILES string of the molecule is CC(C)COc1ccc(/C=N\NC(=O)CSc2nc3ccccc3[nH]2)cc1. The van der Waals surface area contributed by atoms with E-state index >= 15 is 0 Å². The molecule has 0 fully saturated rings. The Hall–Kier alpha value is -2.80. The normalized spacial score (nSPS) is 11.4. The van der Waals surface area contributed by atoms with Crippen LogP contribution in [0, 0.1) is 5.92 Å². The van der Waals surface area contributed by atoms with Crippen molar-refractivity contribution in [2.75, 3.05) is 12.4 Å². The van der Waals surface area contributed by atoms with Crippen molar-refractivity contribution < 1.29 is 9.53 Å². The maximum atomic E-state index is 11.9. The molecule has 3 aromatic rings. The van der Waals surface area contributed by atoms with Crippen molar-refractivity contribution in [3.63, 3.8) is 0 Å². The minimum Gasteiger partial charge on any atom is -0.493 e. The largest absolute Gasteiger partial charge is 0.493 e. The molecule has 6 nitrogen and oxygen atoms in total. The van der Waals surface area contributed by atoms with Gasteiger partial charge in [-0.2, -0.15) is 5.10 Å². The van der Waals surface area contributed by atoms with Crippen LogP contribution in [0.25, 0.3) is 11.0 Å². The van der Waals surface area contributed by atoms with Crippen molar-refractivity contribution in [2.24, 2.45) is 11.0 Å². The number of ether oxygens (including phenoxy) is 1. The van der Waals surface area contributed by atoms with Crippen LogP contribution in [-0.2, 0) is 4.79 Å². The van der Waals surface area contributed by atoms with E-state index in [-0.39, 0.29) is 11.7 Å². The van der Waals surface area contributed by atoms with E-state index in [4.69, 9.17) is 4.74 Å². The van der Waals surface area contributed by atoms with Crippen LogP contribution < -0.4 is 10.2 Å². The quantitative estimate of drug-likeness (QED) is 0.352. The molecule has 0 radical (unpaired) electrons. The van der Waals surface area contributed by atoms with Gasteiger partial charge in [-0.05, 0) is 47.9 Å². The second-order valence-electron chi connectivity index (χ2n) is 6.41. The highest BCUT2D eigenvalue weighted by Crippen LogP contribution is 2.18. The molecule has 27 heavy (non-hydrogen) atoms. The number of aromatic nitrogens is 2. The minimum atomic E-state index is -0.186. The van der Waals surface area contributed by atoms with Gasteiger partial charge in [-0.1, -0.05) is 37.7 Å². The third kappa shape index (κ3) is 5.86. The summed E-state index contributed by atoms with van der Waals surface area (Å²) in [6.07, 6.45) is 1.61. The highest BCUT2D eigenvalue weighted by atomic mass is 32.2. The van der Waals surface area contributed by atoms with Crippen molar-refractivity contribution in [1.29, 1.82) is 0 Å². The molecule has 0 bridgehead atoms. The van der Waals surface area contributed by atoms with E-state index in [1.807, 2.05) is 48.5 Å². The molecule has 0 spiro atoms. The van der Waals surface area contributed by atoms with Gasteiger partial charge in [0, 0.05) is 0 Å². The summed E-state index contributed by atoms with van der Waals surface area (Å²) in [4.78, 5) is 19.5. The van der Waals surface area contributed by atoms with Crippen LogP contribution in [0.15, 0.2) is 58.8 Å². The Morgan fingerprint density at radius 2 is 2.04 bits per heavy atom. The van der Waals surface area contributed by atoms with Gasteiger partial charge in [-0.15, -0.1) is 0 Å². The summed E-state index contributed by atoms with van der Waals surface area (Å²) in [5, 5.41) is 4.71. The number of thioether (sulfide) groups is 1. The van der Waals surface area contributed by atoms with E-state index < -0.39 is 0 Å². The Balaban J connectivity index is 1.44. The second kappa shape index (κ2) is 9.23. The molecule has 2 N–H and O–H groups in total. The number of nitrogens with one attached hydrogen (secondary N) is 2. The van der Waals surface area contributed by atoms with Gasteiger partial charge in [0.1, 0.15) is 5.75 Å². The predicted molar refractivity (Wildman–Crippen MR) is 109 cm³/mol. The number of hydrogen-bond donors (Lipinski definition) is 2. The summed E-state index contributed by atoms with van der Waals surface area (Å²) in [7, 11) is 0. The van der Waals surface area contributed by atoms with Gasteiger partial charge in [-0.25, -0.2) is 10.4 Å². The number of fused-ring (bicyclic) bond motifs is 1. The van der Waals surface area contributed by atoms with Gasteiger partial charge in [0.15, 0.2) is 5.16 Å². The summed E-state index contributed by atoms with van der Waals surface area (Å²) >= 11 is 1.34. The molecule has 3 rings (SSSR count). The lowest BCUT2D eigenvalue weighted by Crippen LogP contribution is -2.19. The lowest BCUT2D eigenvalue weighted by molar-refractivity contribution is -0.118. The molecule has 7 heteroatoms. The van der Waals surface area contributed by atoms with E-state index in [9.17, 15) is 4.79 Å². The Labute approximate surface area is 162 Å². The Morgan fingerprint density at radius 3 is 2.78 bits per heavy atom. The summed E-state index contributed by atoms with van der Waals surface area (Å²) in [6, 6.07) is 15.3. The van der Waals surface area contributed by atoms with Crippen LogP contribution in [0.4, 0.5) is 0 Å². The molecule has 0 saturated carbocycles. The minimum absolute atomic E-state index is 0.186. The molecule has 0 aliphatic heterocycles. The van der Waals surface area contributed by atoms with Crippen molar-refractivity contribution in [1.82, 2.24) is 15.4 Å². The average molecular weight is 382 g/mol. The molecule has 2 aromatic carbocycles. The fraction of sp³-hybridized carbons (Fsp3) is 0.250. The van der Waals surface area contributed by atoms with Crippen LogP contribution in [0.3, 0.4) is 0 Å². The zero-order chi connectivity index (χ0) is 19.1. The van der Waals surface area contributed by atoms with Crippen LogP contribution in [-0.4, -0.2) is 34.4 Å². The Morgan fingerprint density at radius 1 is 1.26 bits per heavy atom. The maximum Gasteiger partial charge on any atom is 0.250 e. The number of aromatic amines is 1. The highest BCUT2D eigenvalue weighted by Gasteiger charge is 2.06. The first-order chi connectivity index (χ1) is 13.1. The molecule has 0 saturated heterocycles. The monoisotopic (exact) mass is 382 g/mol. The molecule has 0 atom stereocenters. The van der Waals surface area contributed by atoms with Crippen molar-refractivity contribution in [3.8, 4) is 5.75 Å². The number of carbonyl (C=O) groups excluding carboxylic acids is 1. The summed E-state index contributed by atoms with van der Waals surface area (Å²) in [5.74, 6) is 1.36. The smallest absolute Gasteiger partial charge is 0.250 e. The van der Waals surface area contributed by atoms with Gasteiger partial charge in [0.2, 0.25) is 0 Å². The topological polar surface area (TPSA) is 79.4 Å².